The molecule has 1 aliphatic rings. The average Bonchev–Trinajstić information content (AvgIpc) is 3.42. The Hall–Kier alpha value is -3.82. The topological polar surface area (TPSA) is 104 Å². The van der Waals surface area contributed by atoms with Crippen LogP contribution < -0.4 is 5.32 Å². The first-order valence-corrected chi connectivity index (χ1v) is 10.9. The number of aromatic nitrogens is 4. The van der Waals surface area contributed by atoms with Gasteiger partial charge in [0.1, 0.15) is 5.60 Å². The van der Waals surface area contributed by atoms with Gasteiger partial charge >= 0.3 is 0 Å². The molecule has 0 bridgehead atoms. The molecule has 9 nitrogen and oxygen atoms in total. The summed E-state index contributed by atoms with van der Waals surface area (Å²) in [7, 11) is 1.70. The van der Waals surface area contributed by atoms with Gasteiger partial charge in [-0.1, -0.05) is 41.6 Å². The smallest absolute Gasteiger partial charge is 0.278 e. The first-order valence-electron chi connectivity index (χ1n) is 10.9. The molecular weight excluding hydrogens is 434 g/mol. The fourth-order valence-corrected chi connectivity index (χ4v) is 3.90. The highest BCUT2D eigenvalue weighted by molar-refractivity contribution is 5.88. The molecule has 34 heavy (non-hydrogen) atoms. The molecule has 1 aliphatic heterocycles. The highest BCUT2D eigenvalue weighted by atomic mass is 16.6. The largest absolute Gasteiger partial charge is 0.375 e. The second-order valence-corrected chi connectivity index (χ2v) is 8.40. The number of rotatable bonds is 7. The lowest BCUT2D eigenvalue weighted by molar-refractivity contribution is -0.202. The summed E-state index contributed by atoms with van der Waals surface area (Å²) in [5, 5.41) is 11.6. The van der Waals surface area contributed by atoms with E-state index in [0.29, 0.717) is 37.2 Å². The van der Waals surface area contributed by atoms with E-state index >= 15 is 0 Å². The van der Waals surface area contributed by atoms with Gasteiger partial charge in [-0.05, 0) is 36.2 Å². The van der Waals surface area contributed by atoms with Crippen molar-refractivity contribution in [3.05, 3.63) is 71.4 Å². The van der Waals surface area contributed by atoms with Crippen molar-refractivity contribution in [3.8, 4) is 23.0 Å². The molecule has 174 valence electrons. The fraction of sp³-hybridized carbons (Fsp3) is 0.280. The van der Waals surface area contributed by atoms with Gasteiger partial charge in [-0.15, -0.1) is 0 Å². The molecule has 0 aliphatic carbocycles. The van der Waals surface area contributed by atoms with Gasteiger partial charge in [0.15, 0.2) is 5.69 Å². The molecule has 1 N–H and O–H groups in total. The SMILES string of the molecule is COC1(c2ccc(-c3noc(-c4cc(C)n(Cc5ccc(NC(C)=O)cc5)n4)n3)cc2)COC1. The van der Waals surface area contributed by atoms with Crippen molar-refractivity contribution in [1.29, 1.82) is 0 Å². The maximum Gasteiger partial charge on any atom is 0.278 e. The molecule has 0 unspecified atom stereocenters. The normalized spacial score (nSPS) is 14.6. The summed E-state index contributed by atoms with van der Waals surface area (Å²) in [6.45, 7) is 5.16. The number of hydrogen-bond donors (Lipinski definition) is 1. The van der Waals surface area contributed by atoms with Crippen LogP contribution in [0.25, 0.3) is 23.0 Å². The van der Waals surface area contributed by atoms with E-state index in [-0.39, 0.29) is 11.5 Å². The van der Waals surface area contributed by atoms with E-state index in [9.17, 15) is 4.79 Å². The summed E-state index contributed by atoms with van der Waals surface area (Å²) in [6, 6.07) is 17.5. The fourth-order valence-electron chi connectivity index (χ4n) is 3.90. The van der Waals surface area contributed by atoms with Crippen molar-refractivity contribution < 1.29 is 18.8 Å². The molecule has 0 spiro atoms. The minimum Gasteiger partial charge on any atom is -0.375 e. The van der Waals surface area contributed by atoms with Crippen molar-refractivity contribution in [2.75, 3.05) is 25.6 Å². The quantitative estimate of drug-likeness (QED) is 0.448. The Balaban J connectivity index is 1.31. The van der Waals surface area contributed by atoms with Gasteiger partial charge in [0, 0.05) is 31.0 Å². The van der Waals surface area contributed by atoms with Gasteiger partial charge in [0.25, 0.3) is 5.89 Å². The third-order valence-corrected chi connectivity index (χ3v) is 5.96. The van der Waals surface area contributed by atoms with Crippen LogP contribution in [0.1, 0.15) is 23.7 Å². The monoisotopic (exact) mass is 459 g/mol. The lowest BCUT2D eigenvalue weighted by atomic mass is 9.91. The summed E-state index contributed by atoms with van der Waals surface area (Å²) in [5.41, 5.74) is 4.96. The number of carbonyl (C=O) groups excluding carboxylic acids is 1. The Morgan fingerprint density at radius 1 is 1.15 bits per heavy atom. The van der Waals surface area contributed by atoms with Crippen LogP contribution in [0.15, 0.2) is 59.1 Å². The van der Waals surface area contributed by atoms with Gasteiger partial charge in [-0.3, -0.25) is 9.48 Å². The van der Waals surface area contributed by atoms with Gasteiger partial charge in [0.2, 0.25) is 11.7 Å². The second-order valence-electron chi connectivity index (χ2n) is 8.40. The summed E-state index contributed by atoms with van der Waals surface area (Å²) < 4.78 is 18.4. The molecular formula is C25H25N5O4. The first-order chi connectivity index (χ1) is 16.5. The van der Waals surface area contributed by atoms with Gasteiger partial charge in [-0.2, -0.15) is 10.1 Å². The minimum absolute atomic E-state index is 0.0953. The van der Waals surface area contributed by atoms with Crippen LogP contribution in [0.4, 0.5) is 5.69 Å². The lowest BCUT2D eigenvalue weighted by Crippen LogP contribution is -2.48. The van der Waals surface area contributed by atoms with Crippen LogP contribution in [0.3, 0.4) is 0 Å². The molecule has 1 amide bonds. The van der Waals surface area contributed by atoms with Crippen LogP contribution in [-0.2, 0) is 26.4 Å². The van der Waals surface area contributed by atoms with E-state index in [1.165, 1.54) is 6.92 Å². The highest BCUT2D eigenvalue weighted by Crippen LogP contribution is 2.34. The number of hydrogen-bond acceptors (Lipinski definition) is 7. The Bertz CT molecular complexity index is 1300. The van der Waals surface area contributed by atoms with E-state index < -0.39 is 0 Å². The molecule has 1 saturated heterocycles. The minimum atomic E-state index is -0.366. The van der Waals surface area contributed by atoms with E-state index in [1.54, 1.807) is 7.11 Å². The molecule has 5 rings (SSSR count). The molecule has 4 aromatic rings. The van der Waals surface area contributed by atoms with Gasteiger partial charge < -0.3 is 19.3 Å². The molecule has 0 saturated carbocycles. The Morgan fingerprint density at radius 3 is 2.50 bits per heavy atom. The average molecular weight is 460 g/mol. The van der Waals surface area contributed by atoms with E-state index in [4.69, 9.17) is 14.0 Å². The van der Waals surface area contributed by atoms with Crippen molar-refractivity contribution in [1.82, 2.24) is 19.9 Å². The zero-order valence-electron chi connectivity index (χ0n) is 19.2. The standard InChI is InChI=1S/C25H25N5O4/c1-16-12-22(28-30(16)13-18-4-10-21(11-5-18)26-17(2)31)24-27-23(29-34-24)19-6-8-20(9-7-19)25(32-3)14-33-15-25/h4-12H,13-15H2,1-3H3,(H,26,31). The number of aryl methyl sites for hydroxylation is 1. The number of anilines is 1. The zero-order valence-corrected chi connectivity index (χ0v) is 19.2. The summed E-state index contributed by atoms with van der Waals surface area (Å²) in [4.78, 5) is 15.7. The lowest BCUT2D eigenvalue weighted by Gasteiger charge is -2.40. The number of methoxy groups -OCH3 is 1. The van der Waals surface area contributed by atoms with Crippen molar-refractivity contribution in [2.45, 2.75) is 26.0 Å². The van der Waals surface area contributed by atoms with Crippen molar-refractivity contribution >= 4 is 11.6 Å². The summed E-state index contributed by atoms with van der Waals surface area (Å²) in [5.74, 6) is 0.767. The Morgan fingerprint density at radius 2 is 1.88 bits per heavy atom. The number of amides is 1. The van der Waals surface area contributed by atoms with Gasteiger partial charge in [-0.25, -0.2) is 0 Å². The molecule has 2 aromatic heterocycles. The van der Waals surface area contributed by atoms with E-state index in [2.05, 4.69) is 20.6 Å². The van der Waals surface area contributed by atoms with Crippen molar-refractivity contribution in [2.24, 2.45) is 0 Å². The van der Waals surface area contributed by atoms with Crippen LogP contribution in [-0.4, -0.2) is 46.2 Å². The predicted octanol–water partition coefficient (Wildman–Crippen LogP) is 3.79. The molecule has 9 heteroatoms. The van der Waals surface area contributed by atoms with Crippen LogP contribution in [0.5, 0.6) is 0 Å². The molecule has 0 radical (unpaired) electrons. The number of ether oxygens (including phenoxy) is 2. The summed E-state index contributed by atoms with van der Waals surface area (Å²) in [6.07, 6.45) is 0. The molecule has 1 fully saturated rings. The number of carbonyl (C=O) groups is 1. The third-order valence-electron chi connectivity index (χ3n) is 5.96. The summed E-state index contributed by atoms with van der Waals surface area (Å²) >= 11 is 0. The Labute approximate surface area is 196 Å². The first kappa shape index (κ1) is 22.0. The van der Waals surface area contributed by atoms with Gasteiger partial charge in [0.05, 0.1) is 19.8 Å². The number of nitrogens with zero attached hydrogens (tertiary/aromatic N) is 4. The van der Waals surface area contributed by atoms with E-state index in [0.717, 1.165) is 28.1 Å². The van der Waals surface area contributed by atoms with Crippen LogP contribution in [0.2, 0.25) is 0 Å². The highest BCUT2D eigenvalue weighted by Gasteiger charge is 2.40. The third kappa shape index (κ3) is 4.23. The molecule has 2 aromatic carbocycles. The maximum atomic E-state index is 11.2. The van der Waals surface area contributed by atoms with Crippen LogP contribution in [0, 0.1) is 6.92 Å². The van der Waals surface area contributed by atoms with E-state index in [1.807, 2.05) is 66.2 Å². The zero-order chi connectivity index (χ0) is 23.7. The molecule has 0 atom stereocenters. The maximum absolute atomic E-state index is 11.2. The van der Waals surface area contributed by atoms with Crippen LogP contribution >= 0.6 is 0 Å². The Kier molecular flexibility index (Phi) is 5.72. The molecule has 3 heterocycles. The predicted molar refractivity (Wildman–Crippen MR) is 125 cm³/mol. The number of nitrogens with one attached hydrogen (secondary N) is 1. The number of benzene rings is 2. The van der Waals surface area contributed by atoms with Crippen molar-refractivity contribution in [3.63, 3.8) is 0 Å². The second kappa shape index (κ2) is 8.85.